The lowest BCUT2D eigenvalue weighted by atomic mass is 10.1. The second kappa shape index (κ2) is 8.20. The minimum atomic E-state index is -4.39. The molecule has 0 bridgehead atoms. The van der Waals surface area contributed by atoms with E-state index in [1.165, 1.54) is 12.1 Å². The predicted octanol–water partition coefficient (Wildman–Crippen LogP) is 5.62. The van der Waals surface area contributed by atoms with Gasteiger partial charge in [-0.25, -0.2) is 0 Å². The van der Waals surface area contributed by atoms with Crippen molar-refractivity contribution < 1.29 is 17.7 Å². The van der Waals surface area contributed by atoms with Crippen molar-refractivity contribution in [2.45, 2.75) is 6.18 Å². The van der Waals surface area contributed by atoms with Crippen molar-refractivity contribution in [2.24, 2.45) is 5.10 Å². The van der Waals surface area contributed by atoms with E-state index < -0.39 is 11.7 Å². The number of hydrazone groups is 1. The van der Waals surface area contributed by atoms with Crippen molar-refractivity contribution in [3.05, 3.63) is 102 Å². The van der Waals surface area contributed by atoms with Crippen LogP contribution in [0.5, 0.6) is 0 Å². The summed E-state index contributed by atoms with van der Waals surface area (Å²) in [6.07, 6.45) is -4.39. The molecule has 0 fully saturated rings. The standard InChI is InChI=1S/C22H15F3N4O/c23-22(24,25)17-11-13-18(14-12-17)27-28-19(15-7-3-1-4-8-15)20-26-21(30-29-20)16-9-5-2-6-10-16/h1-14,27H/b28-19+. The van der Waals surface area contributed by atoms with Crippen molar-refractivity contribution in [2.75, 3.05) is 5.43 Å². The number of nitrogens with one attached hydrogen (secondary N) is 1. The monoisotopic (exact) mass is 408 g/mol. The number of aromatic nitrogens is 2. The number of halogens is 3. The molecule has 4 aromatic rings. The van der Waals surface area contributed by atoms with Crippen LogP contribution in [0.2, 0.25) is 0 Å². The van der Waals surface area contributed by atoms with Gasteiger partial charge >= 0.3 is 6.18 Å². The van der Waals surface area contributed by atoms with Crippen molar-refractivity contribution in [3.63, 3.8) is 0 Å². The average Bonchev–Trinajstić information content (AvgIpc) is 3.25. The molecule has 0 spiro atoms. The first-order valence-corrected chi connectivity index (χ1v) is 8.96. The molecule has 0 aliphatic carbocycles. The number of rotatable bonds is 5. The van der Waals surface area contributed by atoms with E-state index in [-0.39, 0.29) is 5.82 Å². The van der Waals surface area contributed by atoms with Crippen molar-refractivity contribution >= 4 is 11.4 Å². The van der Waals surface area contributed by atoms with Gasteiger partial charge in [-0.1, -0.05) is 53.7 Å². The first kappa shape index (κ1) is 19.4. The van der Waals surface area contributed by atoms with Crippen LogP contribution < -0.4 is 5.43 Å². The third kappa shape index (κ3) is 4.38. The molecule has 30 heavy (non-hydrogen) atoms. The van der Waals surface area contributed by atoms with E-state index in [1.54, 1.807) is 0 Å². The van der Waals surface area contributed by atoms with E-state index in [1.807, 2.05) is 60.7 Å². The molecule has 0 aliphatic rings. The summed E-state index contributed by atoms with van der Waals surface area (Å²) in [4.78, 5) is 4.42. The van der Waals surface area contributed by atoms with Gasteiger partial charge in [-0.2, -0.15) is 23.3 Å². The smallest absolute Gasteiger partial charge is 0.334 e. The Bertz CT molecular complexity index is 1140. The molecule has 8 heteroatoms. The first-order chi connectivity index (χ1) is 14.5. The van der Waals surface area contributed by atoms with Gasteiger partial charge in [0.15, 0.2) is 0 Å². The van der Waals surface area contributed by atoms with Crippen LogP contribution >= 0.6 is 0 Å². The Morgan fingerprint density at radius 1 is 0.833 bits per heavy atom. The number of alkyl halides is 3. The zero-order chi connectivity index (χ0) is 21.0. The minimum absolute atomic E-state index is 0.250. The quantitative estimate of drug-likeness (QED) is 0.344. The second-order valence-electron chi connectivity index (χ2n) is 6.30. The molecule has 0 unspecified atom stereocenters. The molecule has 5 nitrogen and oxygen atoms in total. The minimum Gasteiger partial charge on any atom is -0.334 e. The SMILES string of the molecule is FC(F)(F)c1ccc(N/N=C(\c2ccccc2)c2noc(-c3ccccc3)n2)cc1. The number of hydrogen-bond acceptors (Lipinski definition) is 5. The highest BCUT2D eigenvalue weighted by Gasteiger charge is 2.29. The van der Waals surface area contributed by atoms with E-state index in [0.29, 0.717) is 17.3 Å². The summed E-state index contributed by atoms with van der Waals surface area (Å²) in [7, 11) is 0. The van der Waals surface area contributed by atoms with Crippen LogP contribution in [0.4, 0.5) is 18.9 Å². The molecular weight excluding hydrogens is 393 g/mol. The predicted molar refractivity (Wildman–Crippen MR) is 107 cm³/mol. The number of hydrogen-bond donors (Lipinski definition) is 1. The number of benzene rings is 3. The highest BCUT2D eigenvalue weighted by atomic mass is 19.4. The largest absolute Gasteiger partial charge is 0.416 e. The Kier molecular flexibility index (Phi) is 5.30. The fraction of sp³-hybridized carbons (Fsp3) is 0.0455. The van der Waals surface area contributed by atoms with E-state index >= 15 is 0 Å². The van der Waals surface area contributed by atoms with Crippen LogP contribution in [0, 0.1) is 0 Å². The maximum absolute atomic E-state index is 12.7. The molecule has 0 radical (unpaired) electrons. The number of anilines is 1. The molecule has 150 valence electrons. The summed E-state index contributed by atoms with van der Waals surface area (Å²) >= 11 is 0. The average molecular weight is 408 g/mol. The van der Waals surface area contributed by atoms with Gasteiger partial charge in [0, 0.05) is 11.1 Å². The molecule has 1 heterocycles. The van der Waals surface area contributed by atoms with Crippen LogP contribution in [0.3, 0.4) is 0 Å². The fourth-order valence-corrected chi connectivity index (χ4v) is 2.71. The van der Waals surface area contributed by atoms with Crippen molar-refractivity contribution in [1.82, 2.24) is 10.1 Å². The van der Waals surface area contributed by atoms with E-state index in [0.717, 1.165) is 23.3 Å². The molecule has 0 atom stereocenters. The van der Waals surface area contributed by atoms with Crippen molar-refractivity contribution in [1.29, 1.82) is 0 Å². The van der Waals surface area contributed by atoms with E-state index in [2.05, 4.69) is 20.7 Å². The summed E-state index contributed by atoms with van der Waals surface area (Å²) in [5.41, 5.74) is 4.30. The molecule has 4 rings (SSSR count). The Balaban J connectivity index is 1.65. The highest BCUT2D eigenvalue weighted by molar-refractivity contribution is 6.10. The van der Waals surface area contributed by atoms with Gasteiger partial charge in [-0.3, -0.25) is 5.43 Å². The molecule has 0 saturated heterocycles. The second-order valence-corrected chi connectivity index (χ2v) is 6.30. The normalized spacial score (nSPS) is 12.0. The summed E-state index contributed by atoms with van der Waals surface area (Å²) in [6, 6.07) is 23.1. The summed E-state index contributed by atoms with van der Waals surface area (Å²) in [5, 5.41) is 8.36. The summed E-state index contributed by atoms with van der Waals surface area (Å²) < 4.78 is 43.6. The van der Waals surface area contributed by atoms with E-state index in [9.17, 15) is 13.2 Å². The Morgan fingerprint density at radius 2 is 1.47 bits per heavy atom. The van der Waals surface area contributed by atoms with Gasteiger partial charge in [0.25, 0.3) is 5.89 Å². The van der Waals surface area contributed by atoms with Crippen LogP contribution in [-0.2, 0) is 6.18 Å². The van der Waals surface area contributed by atoms with Crippen molar-refractivity contribution in [3.8, 4) is 11.5 Å². The maximum atomic E-state index is 12.7. The molecule has 0 saturated carbocycles. The lowest BCUT2D eigenvalue weighted by Crippen LogP contribution is -2.09. The lowest BCUT2D eigenvalue weighted by Gasteiger charge is -2.08. The summed E-state index contributed by atoms with van der Waals surface area (Å²) in [5.74, 6) is 0.586. The van der Waals surface area contributed by atoms with Crippen LogP contribution in [-0.4, -0.2) is 15.9 Å². The Hall–Kier alpha value is -3.94. The Morgan fingerprint density at radius 3 is 2.10 bits per heavy atom. The molecule has 0 aliphatic heterocycles. The lowest BCUT2D eigenvalue weighted by molar-refractivity contribution is -0.137. The van der Waals surface area contributed by atoms with Gasteiger partial charge in [-0.05, 0) is 36.4 Å². The van der Waals surface area contributed by atoms with Crippen LogP contribution in [0.25, 0.3) is 11.5 Å². The fourth-order valence-electron chi connectivity index (χ4n) is 2.71. The molecule has 0 amide bonds. The van der Waals surface area contributed by atoms with Gasteiger partial charge in [-0.15, -0.1) is 0 Å². The zero-order valence-electron chi connectivity index (χ0n) is 15.5. The first-order valence-electron chi connectivity index (χ1n) is 8.96. The zero-order valence-corrected chi connectivity index (χ0v) is 15.5. The maximum Gasteiger partial charge on any atom is 0.416 e. The van der Waals surface area contributed by atoms with Gasteiger partial charge < -0.3 is 4.52 Å². The highest BCUT2D eigenvalue weighted by Crippen LogP contribution is 2.29. The molecule has 1 aromatic heterocycles. The molecule has 1 N–H and O–H groups in total. The molecule has 3 aromatic carbocycles. The summed E-state index contributed by atoms with van der Waals surface area (Å²) in [6.45, 7) is 0. The van der Waals surface area contributed by atoms with Crippen LogP contribution in [0.15, 0.2) is 94.6 Å². The van der Waals surface area contributed by atoms with Gasteiger partial charge in [0.1, 0.15) is 5.71 Å². The van der Waals surface area contributed by atoms with Crippen LogP contribution in [0.1, 0.15) is 17.0 Å². The number of nitrogens with zero attached hydrogens (tertiary/aromatic N) is 3. The third-order valence-electron chi connectivity index (χ3n) is 4.21. The Labute approximate surface area is 169 Å². The van der Waals surface area contributed by atoms with E-state index in [4.69, 9.17) is 4.52 Å². The third-order valence-corrected chi connectivity index (χ3v) is 4.21. The topological polar surface area (TPSA) is 63.3 Å². The van der Waals surface area contributed by atoms with Gasteiger partial charge in [0.2, 0.25) is 5.82 Å². The van der Waals surface area contributed by atoms with Gasteiger partial charge in [0.05, 0.1) is 11.3 Å². The molecular formula is C22H15F3N4O.